The molecule has 0 spiro atoms. The Labute approximate surface area is 155 Å². The highest BCUT2D eigenvalue weighted by Crippen LogP contribution is 2.38. The SMILES string of the molecule is O=C(CN1CCC(c2nc(C3CC3)n[nH]2)CC1)Nc1ccc(Br)cc1. The summed E-state index contributed by atoms with van der Waals surface area (Å²) in [4.78, 5) is 19.1. The average Bonchev–Trinajstić information content (AvgIpc) is 3.35. The topological polar surface area (TPSA) is 73.9 Å². The van der Waals surface area contributed by atoms with Crippen LogP contribution in [-0.2, 0) is 4.79 Å². The zero-order valence-corrected chi connectivity index (χ0v) is 15.6. The van der Waals surface area contributed by atoms with E-state index in [4.69, 9.17) is 0 Å². The van der Waals surface area contributed by atoms with Crippen LogP contribution in [0.5, 0.6) is 0 Å². The number of anilines is 1. The van der Waals surface area contributed by atoms with Crippen molar-refractivity contribution in [3.8, 4) is 0 Å². The lowest BCUT2D eigenvalue weighted by atomic mass is 9.96. The molecule has 2 N–H and O–H groups in total. The number of likely N-dealkylation sites (tertiary alicyclic amines) is 1. The molecule has 1 aliphatic heterocycles. The second-order valence-electron chi connectivity index (χ2n) is 6.96. The monoisotopic (exact) mass is 403 g/mol. The summed E-state index contributed by atoms with van der Waals surface area (Å²) in [5, 5.41) is 10.4. The molecule has 2 aromatic rings. The Morgan fingerprint density at radius 2 is 1.88 bits per heavy atom. The maximum atomic E-state index is 12.2. The Hall–Kier alpha value is -1.73. The van der Waals surface area contributed by atoms with Crippen molar-refractivity contribution < 1.29 is 4.79 Å². The van der Waals surface area contributed by atoms with Gasteiger partial charge in [0.15, 0.2) is 5.82 Å². The molecule has 132 valence electrons. The van der Waals surface area contributed by atoms with Gasteiger partial charge in [-0.15, -0.1) is 0 Å². The highest BCUT2D eigenvalue weighted by atomic mass is 79.9. The predicted molar refractivity (Wildman–Crippen MR) is 99.5 cm³/mol. The van der Waals surface area contributed by atoms with E-state index in [0.717, 1.165) is 47.7 Å². The molecular weight excluding hydrogens is 382 g/mol. The third-order valence-electron chi connectivity index (χ3n) is 4.93. The number of aromatic amines is 1. The standard InChI is InChI=1S/C18H22BrN5O/c19-14-3-5-15(6-4-14)20-16(25)11-24-9-7-13(8-10-24)18-21-17(22-23-18)12-1-2-12/h3-6,12-13H,1-2,7-11H2,(H,20,25)(H,21,22,23). The zero-order chi connectivity index (χ0) is 17.2. The molecule has 1 amide bonds. The fourth-order valence-electron chi connectivity index (χ4n) is 3.30. The molecule has 1 saturated carbocycles. The number of halogens is 1. The molecule has 4 rings (SSSR count). The zero-order valence-electron chi connectivity index (χ0n) is 14.0. The number of carbonyl (C=O) groups excluding carboxylic acids is 1. The van der Waals surface area contributed by atoms with Crippen molar-refractivity contribution in [3.05, 3.63) is 40.4 Å². The van der Waals surface area contributed by atoms with Gasteiger partial charge in [0.05, 0.1) is 6.54 Å². The summed E-state index contributed by atoms with van der Waals surface area (Å²) >= 11 is 3.40. The first-order valence-electron chi connectivity index (χ1n) is 8.87. The smallest absolute Gasteiger partial charge is 0.238 e. The summed E-state index contributed by atoms with van der Waals surface area (Å²) in [6.07, 6.45) is 4.49. The first-order valence-corrected chi connectivity index (χ1v) is 9.66. The molecule has 0 atom stereocenters. The van der Waals surface area contributed by atoms with Crippen molar-refractivity contribution in [2.45, 2.75) is 37.5 Å². The van der Waals surface area contributed by atoms with E-state index in [1.165, 1.54) is 12.8 Å². The lowest BCUT2D eigenvalue weighted by Gasteiger charge is -2.30. The second kappa shape index (κ2) is 7.25. The number of nitrogens with one attached hydrogen (secondary N) is 2. The number of rotatable bonds is 5. The first kappa shape index (κ1) is 16.7. The van der Waals surface area contributed by atoms with E-state index in [2.05, 4.69) is 41.3 Å². The van der Waals surface area contributed by atoms with Crippen LogP contribution in [0, 0.1) is 0 Å². The molecule has 25 heavy (non-hydrogen) atoms. The number of benzene rings is 1. The first-order chi connectivity index (χ1) is 12.2. The molecule has 2 aliphatic rings. The van der Waals surface area contributed by atoms with E-state index in [0.29, 0.717) is 18.4 Å². The van der Waals surface area contributed by atoms with Crippen LogP contribution >= 0.6 is 15.9 Å². The minimum absolute atomic E-state index is 0.0384. The summed E-state index contributed by atoms with van der Waals surface area (Å²) < 4.78 is 1.00. The highest BCUT2D eigenvalue weighted by molar-refractivity contribution is 9.10. The Morgan fingerprint density at radius 1 is 1.16 bits per heavy atom. The van der Waals surface area contributed by atoms with E-state index in [9.17, 15) is 4.79 Å². The summed E-state index contributed by atoms with van der Waals surface area (Å²) in [7, 11) is 0. The molecule has 0 unspecified atom stereocenters. The quantitative estimate of drug-likeness (QED) is 0.803. The Balaban J connectivity index is 1.25. The van der Waals surface area contributed by atoms with Gasteiger partial charge in [0, 0.05) is 22.0 Å². The molecule has 0 radical (unpaired) electrons. The van der Waals surface area contributed by atoms with Gasteiger partial charge in [0.2, 0.25) is 5.91 Å². The van der Waals surface area contributed by atoms with Gasteiger partial charge in [0.25, 0.3) is 0 Å². The lowest BCUT2D eigenvalue weighted by molar-refractivity contribution is -0.117. The summed E-state index contributed by atoms with van der Waals surface area (Å²) in [5.74, 6) is 3.09. The Bertz CT molecular complexity index is 732. The molecular formula is C18H22BrN5O. The van der Waals surface area contributed by atoms with Crippen LogP contribution in [0.25, 0.3) is 0 Å². The van der Waals surface area contributed by atoms with Gasteiger partial charge in [-0.05, 0) is 63.0 Å². The third kappa shape index (κ3) is 4.27. The molecule has 6 nitrogen and oxygen atoms in total. The molecule has 2 heterocycles. The fraction of sp³-hybridized carbons (Fsp3) is 0.500. The van der Waals surface area contributed by atoms with Crippen LogP contribution in [-0.4, -0.2) is 45.6 Å². The van der Waals surface area contributed by atoms with Crippen LogP contribution < -0.4 is 5.32 Å². The number of hydrogen-bond donors (Lipinski definition) is 2. The summed E-state index contributed by atoms with van der Waals surface area (Å²) in [6, 6.07) is 7.65. The van der Waals surface area contributed by atoms with E-state index in [1.807, 2.05) is 24.3 Å². The fourth-order valence-corrected chi connectivity index (χ4v) is 3.56. The number of amides is 1. The van der Waals surface area contributed by atoms with Crippen molar-refractivity contribution in [1.29, 1.82) is 0 Å². The summed E-state index contributed by atoms with van der Waals surface area (Å²) in [6.45, 7) is 2.27. The molecule has 1 saturated heterocycles. The van der Waals surface area contributed by atoms with Crippen LogP contribution in [0.1, 0.15) is 49.2 Å². The van der Waals surface area contributed by atoms with Crippen molar-refractivity contribution in [2.24, 2.45) is 0 Å². The normalized spacial score (nSPS) is 19.1. The minimum atomic E-state index is 0.0384. The maximum absolute atomic E-state index is 12.2. The number of nitrogens with zero attached hydrogens (tertiary/aromatic N) is 3. The van der Waals surface area contributed by atoms with Gasteiger partial charge >= 0.3 is 0 Å². The van der Waals surface area contributed by atoms with E-state index >= 15 is 0 Å². The number of hydrogen-bond acceptors (Lipinski definition) is 4. The van der Waals surface area contributed by atoms with E-state index in [-0.39, 0.29) is 5.91 Å². The van der Waals surface area contributed by atoms with Crippen molar-refractivity contribution in [1.82, 2.24) is 20.1 Å². The van der Waals surface area contributed by atoms with Gasteiger partial charge in [-0.25, -0.2) is 4.98 Å². The van der Waals surface area contributed by atoms with Crippen molar-refractivity contribution in [3.63, 3.8) is 0 Å². The van der Waals surface area contributed by atoms with Gasteiger partial charge in [-0.1, -0.05) is 15.9 Å². The number of piperidine rings is 1. The van der Waals surface area contributed by atoms with Crippen LogP contribution in [0.2, 0.25) is 0 Å². The lowest BCUT2D eigenvalue weighted by Crippen LogP contribution is -2.38. The Kier molecular flexibility index (Phi) is 4.85. The van der Waals surface area contributed by atoms with Gasteiger partial charge in [-0.2, -0.15) is 5.10 Å². The van der Waals surface area contributed by atoms with Gasteiger partial charge in [-0.3, -0.25) is 14.8 Å². The minimum Gasteiger partial charge on any atom is -0.325 e. The van der Waals surface area contributed by atoms with Crippen molar-refractivity contribution in [2.75, 3.05) is 25.0 Å². The number of carbonyl (C=O) groups is 1. The molecule has 1 aromatic carbocycles. The molecule has 1 aliphatic carbocycles. The summed E-state index contributed by atoms with van der Waals surface area (Å²) in [5.41, 5.74) is 0.831. The van der Waals surface area contributed by atoms with Crippen LogP contribution in [0.3, 0.4) is 0 Å². The molecule has 2 fully saturated rings. The van der Waals surface area contributed by atoms with Crippen LogP contribution in [0.15, 0.2) is 28.7 Å². The molecule has 1 aromatic heterocycles. The van der Waals surface area contributed by atoms with E-state index < -0.39 is 0 Å². The third-order valence-corrected chi connectivity index (χ3v) is 5.46. The second-order valence-corrected chi connectivity index (χ2v) is 7.87. The predicted octanol–water partition coefficient (Wildman–Crippen LogP) is 3.26. The largest absolute Gasteiger partial charge is 0.325 e. The van der Waals surface area contributed by atoms with E-state index in [1.54, 1.807) is 0 Å². The number of H-pyrrole nitrogens is 1. The van der Waals surface area contributed by atoms with Gasteiger partial charge < -0.3 is 5.32 Å². The molecule has 0 bridgehead atoms. The van der Waals surface area contributed by atoms with Crippen molar-refractivity contribution >= 4 is 27.5 Å². The number of aromatic nitrogens is 3. The Morgan fingerprint density at radius 3 is 2.56 bits per heavy atom. The maximum Gasteiger partial charge on any atom is 0.238 e. The van der Waals surface area contributed by atoms with Crippen LogP contribution in [0.4, 0.5) is 5.69 Å². The van der Waals surface area contributed by atoms with Gasteiger partial charge in [0.1, 0.15) is 5.82 Å². The average molecular weight is 404 g/mol. The highest BCUT2D eigenvalue weighted by Gasteiger charge is 2.30. The molecule has 7 heteroatoms.